The van der Waals surface area contributed by atoms with Crippen LogP contribution in [-0.4, -0.2) is 18.4 Å². The van der Waals surface area contributed by atoms with E-state index in [0.29, 0.717) is 12.2 Å². The maximum atomic E-state index is 10.9. The van der Waals surface area contributed by atoms with Crippen LogP contribution in [0.5, 0.6) is 5.75 Å². The van der Waals surface area contributed by atoms with Crippen molar-refractivity contribution < 1.29 is 23.9 Å². The highest BCUT2D eigenvalue weighted by atomic mass is 16.6. The zero-order valence-corrected chi connectivity index (χ0v) is 9.63. The summed E-state index contributed by atoms with van der Waals surface area (Å²) in [5.41, 5.74) is 0.872. The molecule has 0 aliphatic heterocycles. The lowest BCUT2D eigenvalue weighted by molar-refractivity contribution is -0.151. The first-order valence-corrected chi connectivity index (χ1v) is 5.22. The second-order valence-electron chi connectivity index (χ2n) is 3.36. The Hall–Kier alpha value is -2.43. The minimum Gasteiger partial charge on any atom is -0.423 e. The lowest BCUT2D eigenvalue weighted by atomic mass is 10.1. The van der Waals surface area contributed by atoms with Crippen molar-refractivity contribution in [2.75, 3.05) is 0 Å². The van der Waals surface area contributed by atoms with Crippen LogP contribution in [-0.2, 0) is 25.5 Å². The number of hydrogen-bond acceptors (Lipinski definition) is 5. The molecule has 0 amide bonds. The number of carbonyl (C=O) groups excluding carboxylic acids is 3. The van der Waals surface area contributed by atoms with Crippen molar-refractivity contribution in [2.45, 2.75) is 12.8 Å². The molecule has 0 spiro atoms. The Morgan fingerprint density at radius 2 is 1.89 bits per heavy atom. The highest BCUT2D eigenvalue weighted by Crippen LogP contribution is 2.13. The molecule has 94 valence electrons. The Bertz CT molecular complexity index is 447. The second kappa shape index (κ2) is 7.01. The van der Waals surface area contributed by atoms with E-state index in [9.17, 15) is 14.4 Å². The average Bonchev–Trinajstić information content (AvgIpc) is 2.38. The van der Waals surface area contributed by atoms with Crippen molar-refractivity contribution in [2.24, 2.45) is 0 Å². The number of hydrogen-bond donors (Lipinski definition) is 0. The van der Waals surface area contributed by atoms with Gasteiger partial charge in [-0.05, 0) is 24.1 Å². The van der Waals surface area contributed by atoms with Gasteiger partial charge in [-0.15, -0.1) is 0 Å². The van der Waals surface area contributed by atoms with Crippen LogP contribution >= 0.6 is 0 Å². The topological polar surface area (TPSA) is 69.7 Å². The van der Waals surface area contributed by atoms with E-state index in [1.807, 2.05) is 0 Å². The van der Waals surface area contributed by atoms with Crippen molar-refractivity contribution >= 4 is 18.4 Å². The molecule has 0 unspecified atom stereocenters. The fourth-order valence-corrected chi connectivity index (χ4v) is 1.24. The van der Waals surface area contributed by atoms with Gasteiger partial charge in [0, 0.05) is 6.08 Å². The summed E-state index contributed by atoms with van der Waals surface area (Å²) in [6.45, 7) is 3.40. The summed E-state index contributed by atoms with van der Waals surface area (Å²) < 4.78 is 9.04. The molecule has 0 saturated carbocycles. The largest absolute Gasteiger partial charge is 0.423 e. The molecule has 5 heteroatoms. The predicted octanol–water partition coefficient (Wildman–Crippen LogP) is 1.41. The molecule has 1 rings (SSSR count). The predicted molar refractivity (Wildman–Crippen MR) is 62.8 cm³/mol. The minimum atomic E-state index is -0.577. The molecule has 18 heavy (non-hydrogen) atoms. The van der Waals surface area contributed by atoms with Gasteiger partial charge in [-0.1, -0.05) is 18.7 Å². The zero-order valence-electron chi connectivity index (χ0n) is 9.63. The van der Waals surface area contributed by atoms with E-state index in [1.54, 1.807) is 24.3 Å². The molecule has 0 radical (unpaired) electrons. The molecule has 0 heterocycles. The van der Waals surface area contributed by atoms with E-state index in [1.165, 1.54) is 0 Å². The Morgan fingerprint density at radius 3 is 2.44 bits per heavy atom. The third-order valence-electron chi connectivity index (χ3n) is 2.11. The highest BCUT2D eigenvalue weighted by molar-refractivity contribution is 5.83. The van der Waals surface area contributed by atoms with Gasteiger partial charge < -0.3 is 9.47 Å². The number of ether oxygens (including phenoxy) is 2. The van der Waals surface area contributed by atoms with E-state index < -0.39 is 11.9 Å². The molecule has 0 N–H and O–H groups in total. The van der Waals surface area contributed by atoms with E-state index in [4.69, 9.17) is 4.74 Å². The van der Waals surface area contributed by atoms with Crippen molar-refractivity contribution in [1.29, 1.82) is 0 Å². The van der Waals surface area contributed by atoms with E-state index in [0.717, 1.165) is 11.6 Å². The molecule has 0 fully saturated rings. The molecular weight excluding hydrogens is 236 g/mol. The first kappa shape index (κ1) is 13.6. The first-order chi connectivity index (χ1) is 8.65. The molecule has 0 aliphatic carbocycles. The van der Waals surface area contributed by atoms with Crippen molar-refractivity contribution in [1.82, 2.24) is 0 Å². The van der Waals surface area contributed by atoms with Gasteiger partial charge in [0.15, 0.2) is 0 Å². The Morgan fingerprint density at radius 1 is 1.22 bits per heavy atom. The first-order valence-electron chi connectivity index (χ1n) is 5.22. The van der Waals surface area contributed by atoms with Gasteiger partial charge in [-0.2, -0.15) is 0 Å². The van der Waals surface area contributed by atoms with Gasteiger partial charge in [-0.25, -0.2) is 4.79 Å². The van der Waals surface area contributed by atoms with Crippen molar-refractivity contribution in [3.63, 3.8) is 0 Å². The lowest BCUT2D eigenvalue weighted by Crippen LogP contribution is -2.04. The smallest absolute Gasteiger partial charge is 0.335 e. The fraction of sp³-hybridized carbons (Fsp3) is 0.154. The summed E-state index contributed by atoms with van der Waals surface area (Å²) in [6.07, 6.45) is 1.64. The van der Waals surface area contributed by atoms with Gasteiger partial charge in [-0.3, -0.25) is 9.59 Å². The van der Waals surface area contributed by atoms with Crippen LogP contribution in [0.1, 0.15) is 12.0 Å². The Kier molecular flexibility index (Phi) is 5.31. The minimum absolute atomic E-state index is 0.111. The van der Waals surface area contributed by atoms with Gasteiger partial charge in [0.05, 0.1) is 6.42 Å². The molecule has 0 saturated heterocycles. The quantitative estimate of drug-likeness (QED) is 0.250. The molecule has 1 aromatic carbocycles. The van der Waals surface area contributed by atoms with Crippen LogP contribution in [0.4, 0.5) is 0 Å². The Balaban J connectivity index is 2.49. The van der Waals surface area contributed by atoms with E-state index in [-0.39, 0.29) is 12.9 Å². The number of carbonyl (C=O) groups is 3. The summed E-state index contributed by atoms with van der Waals surface area (Å²) in [4.78, 5) is 31.8. The van der Waals surface area contributed by atoms with Gasteiger partial charge >= 0.3 is 18.4 Å². The number of aryl methyl sites for hydroxylation is 1. The fourth-order valence-electron chi connectivity index (χ4n) is 1.24. The average molecular weight is 248 g/mol. The van der Waals surface area contributed by atoms with Gasteiger partial charge in [0.1, 0.15) is 5.75 Å². The molecular formula is C13H12O5. The summed E-state index contributed by atoms with van der Waals surface area (Å²) in [5.74, 6) is -0.705. The summed E-state index contributed by atoms with van der Waals surface area (Å²) in [6, 6.07) is 6.67. The van der Waals surface area contributed by atoms with Crippen molar-refractivity contribution in [3.05, 3.63) is 42.5 Å². The molecule has 5 nitrogen and oxygen atoms in total. The second-order valence-corrected chi connectivity index (χ2v) is 3.36. The van der Waals surface area contributed by atoms with Gasteiger partial charge in [0.2, 0.25) is 0 Å². The zero-order chi connectivity index (χ0) is 13.4. The van der Waals surface area contributed by atoms with Crippen LogP contribution in [0.2, 0.25) is 0 Å². The third-order valence-corrected chi connectivity index (χ3v) is 2.11. The normalized spacial score (nSPS) is 9.33. The lowest BCUT2D eigenvalue weighted by Gasteiger charge is -2.03. The number of rotatable bonds is 6. The maximum Gasteiger partial charge on any atom is 0.335 e. The number of benzene rings is 1. The van der Waals surface area contributed by atoms with Crippen molar-refractivity contribution in [3.8, 4) is 5.75 Å². The van der Waals surface area contributed by atoms with Crippen LogP contribution in [0.3, 0.4) is 0 Å². The monoisotopic (exact) mass is 248 g/mol. The van der Waals surface area contributed by atoms with E-state index >= 15 is 0 Å². The molecule has 1 aromatic rings. The molecule has 0 bridgehead atoms. The van der Waals surface area contributed by atoms with Crippen LogP contribution < -0.4 is 4.74 Å². The standard InChI is InChI=1S/C13H12O5/c1-2-12(15)18-11-6-3-10(4-7-11)5-8-13(16)17-9-14/h2-4,6-7,9H,1,5,8H2. The third kappa shape index (κ3) is 4.61. The summed E-state index contributed by atoms with van der Waals surface area (Å²) in [7, 11) is 0. The maximum absolute atomic E-state index is 10.9. The van der Waals surface area contributed by atoms with E-state index in [2.05, 4.69) is 11.3 Å². The Labute approximate surface area is 104 Å². The van der Waals surface area contributed by atoms with Crippen LogP contribution in [0, 0.1) is 0 Å². The number of esters is 2. The molecule has 0 atom stereocenters. The highest BCUT2D eigenvalue weighted by Gasteiger charge is 2.04. The SMILES string of the molecule is C=CC(=O)Oc1ccc(CCC(=O)OC=O)cc1. The molecule has 0 aliphatic rings. The molecule has 0 aromatic heterocycles. The van der Waals surface area contributed by atoms with Gasteiger partial charge in [0.25, 0.3) is 0 Å². The van der Waals surface area contributed by atoms with Crippen LogP contribution in [0.15, 0.2) is 36.9 Å². The van der Waals surface area contributed by atoms with Crippen LogP contribution in [0.25, 0.3) is 0 Å². The summed E-state index contributed by atoms with van der Waals surface area (Å²) in [5, 5.41) is 0. The summed E-state index contributed by atoms with van der Waals surface area (Å²) >= 11 is 0.